The lowest BCUT2D eigenvalue weighted by molar-refractivity contribution is 0.256. The van der Waals surface area contributed by atoms with Crippen LogP contribution in [0.1, 0.15) is 18.4 Å². The minimum absolute atomic E-state index is 0.339. The van der Waals surface area contributed by atoms with Gasteiger partial charge in [-0.3, -0.25) is 9.78 Å². The van der Waals surface area contributed by atoms with Gasteiger partial charge in [0.15, 0.2) is 11.2 Å². The van der Waals surface area contributed by atoms with Crippen LogP contribution in [0.2, 0.25) is 0 Å². The molecule has 2 heterocycles. The van der Waals surface area contributed by atoms with Crippen molar-refractivity contribution in [1.82, 2.24) is 18.6 Å². The Labute approximate surface area is 148 Å². The van der Waals surface area contributed by atoms with Crippen LogP contribution in [-0.4, -0.2) is 31.2 Å². The first-order valence-electron chi connectivity index (χ1n) is 8.36. The van der Waals surface area contributed by atoms with Crippen LogP contribution in [0.4, 0.5) is 0 Å². The van der Waals surface area contributed by atoms with Crippen molar-refractivity contribution in [3.63, 3.8) is 0 Å². The quantitative estimate of drug-likeness (QED) is 0.790. The van der Waals surface area contributed by atoms with E-state index in [1.54, 1.807) is 0 Å². The maximum absolute atomic E-state index is 12.4. The molecule has 134 valence electrons. The molecule has 0 aliphatic carbocycles. The number of hydrogen-bond donors (Lipinski definition) is 2. The highest BCUT2D eigenvalue weighted by Crippen LogP contribution is 2.19. The fraction of sp³-hybridized carbons (Fsp3) is 0.412. The normalized spacial score (nSPS) is 17.4. The highest BCUT2D eigenvalue weighted by Gasteiger charge is 2.23. The van der Waals surface area contributed by atoms with E-state index < -0.39 is 11.2 Å². The van der Waals surface area contributed by atoms with Crippen molar-refractivity contribution < 1.29 is 4.21 Å². The van der Waals surface area contributed by atoms with E-state index in [1.807, 2.05) is 34.6 Å². The number of piperidine rings is 1. The highest BCUT2D eigenvalue weighted by molar-refractivity contribution is 7.80. The zero-order valence-corrected chi connectivity index (χ0v) is 14.7. The minimum atomic E-state index is -1.21. The molecule has 1 aliphatic rings. The maximum atomic E-state index is 12.4. The Morgan fingerprint density at radius 1 is 1.12 bits per heavy atom. The fourth-order valence-corrected chi connectivity index (χ4v) is 3.97. The number of benzene rings is 1. The van der Waals surface area contributed by atoms with Crippen LogP contribution in [0.3, 0.4) is 0 Å². The van der Waals surface area contributed by atoms with Crippen molar-refractivity contribution in [3.05, 3.63) is 69.0 Å². The molecule has 0 saturated carbocycles. The molecule has 8 heteroatoms. The summed E-state index contributed by atoms with van der Waals surface area (Å²) in [6.07, 6.45) is 3.27. The first-order valence-corrected chi connectivity index (χ1v) is 9.46. The van der Waals surface area contributed by atoms with Crippen molar-refractivity contribution in [2.24, 2.45) is 5.92 Å². The number of H-pyrrole nitrogens is 1. The third kappa shape index (κ3) is 4.97. The summed E-state index contributed by atoms with van der Waals surface area (Å²) in [4.78, 5) is 25.1. The molecule has 3 rings (SSSR count). The topological polar surface area (TPSA) is 87.2 Å². The summed E-state index contributed by atoms with van der Waals surface area (Å²) in [5.41, 5.74) is 0.349. The fourth-order valence-electron chi connectivity index (χ4n) is 2.96. The average molecular weight is 362 g/mol. The molecule has 0 amide bonds. The van der Waals surface area contributed by atoms with Crippen molar-refractivity contribution in [2.45, 2.75) is 25.9 Å². The molecule has 0 bridgehead atoms. The molecule has 2 aromatic rings. The van der Waals surface area contributed by atoms with E-state index in [0.717, 1.165) is 31.5 Å². The van der Waals surface area contributed by atoms with E-state index in [2.05, 4.69) is 9.71 Å². The van der Waals surface area contributed by atoms with Gasteiger partial charge in [0.2, 0.25) is 0 Å². The first-order chi connectivity index (χ1) is 12.1. The van der Waals surface area contributed by atoms with Crippen LogP contribution in [0.25, 0.3) is 0 Å². The van der Waals surface area contributed by atoms with Crippen LogP contribution in [0.15, 0.2) is 52.2 Å². The molecule has 0 spiro atoms. The number of nitrogens with one attached hydrogen (secondary N) is 2. The van der Waals surface area contributed by atoms with Crippen molar-refractivity contribution in [3.8, 4) is 0 Å². The van der Waals surface area contributed by atoms with Crippen LogP contribution < -0.4 is 16.0 Å². The van der Waals surface area contributed by atoms with E-state index in [4.69, 9.17) is 0 Å². The monoisotopic (exact) mass is 362 g/mol. The second-order valence-electron chi connectivity index (χ2n) is 6.19. The van der Waals surface area contributed by atoms with Gasteiger partial charge in [-0.05, 0) is 24.3 Å². The number of nitrogens with zero attached hydrogens (tertiary/aromatic N) is 2. The Kier molecular flexibility index (Phi) is 5.95. The summed E-state index contributed by atoms with van der Waals surface area (Å²) in [5, 5.41) is 0. The number of hydrogen-bond acceptors (Lipinski definition) is 3. The van der Waals surface area contributed by atoms with Crippen molar-refractivity contribution >= 4 is 11.2 Å². The Morgan fingerprint density at radius 2 is 1.84 bits per heavy atom. The molecular weight excluding hydrogens is 340 g/mol. The Bertz CT molecular complexity index is 826. The Morgan fingerprint density at radius 3 is 2.52 bits per heavy atom. The van der Waals surface area contributed by atoms with Gasteiger partial charge in [-0.1, -0.05) is 30.3 Å². The summed E-state index contributed by atoms with van der Waals surface area (Å²) < 4.78 is 18.9. The summed E-state index contributed by atoms with van der Waals surface area (Å²) >= 11 is -1.21. The SMILES string of the molecule is O=c1ccn(CC2CCN(S(=O)NCc3ccccc3)CC2)c(=O)[nH]1. The predicted molar refractivity (Wildman–Crippen MR) is 97.0 cm³/mol. The average Bonchev–Trinajstić information content (AvgIpc) is 2.63. The zero-order chi connectivity index (χ0) is 17.6. The van der Waals surface area contributed by atoms with Gasteiger partial charge in [-0.25, -0.2) is 18.0 Å². The summed E-state index contributed by atoms with van der Waals surface area (Å²) in [7, 11) is 0. The van der Waals surface area contributed by atoms with Crippen LogP contribution >= 0.6 is 0 Å². The van der Waals surface area contributed by atoms with Crippen molar-refractivity contribution in [2.75, 3.05) is 13.1 Å². The standard InChI is InChI=1S/C17H22N4O3S/c22-16-8-9-20(17(23)19-16)13-15-6-10-21(11-7-15)25(24)18-12-14-4-2-1-3-5-14/h1-5,8-9,15,18H,6-7,10-13H2,(H,19,22,23). The summed E-state index contributed by atoms with van der Waals surface area (Å²) in [6, 6.07) is 11.2. The highest BCUT2D eigenvalue weighted by atomic mass is 32.2. The smallest absolute Gasteiger partial charge is 0.300 e. The second-order valence-corrected chi connectivity index (χ2v) is 7.49. The third-order valence-corrected chi connectivity index (χ3v) is 5.63. The van der Waals surface area contributed by atoms with E-state index in [0.29, 0.717) is 19.0 Å². The van der Waals surface area contributed by atoms with E-state index >= 15 is 0 Å². The van der Waals surface area contributed by atoms with Gasteiger partial charge in [-0.15, -0.1) is 0 Å². The predicted octanol–water partition coefficient (Wildman–Crippen LogP) is 0.617. The van der Waals surface area contributed by atoms with Gasteiger partial charge >= 0.3 is 5.69 Å². The largest absolute Gasteiger partial charge is 0.328 e. The second kappa shape index (κ2) is 8.37. The van der Waals surface area contributed by atoms with Gasteiger partial charge in [0.25, 0.3) is 5.56 Å². The van der Waals surface area contributed by atoms with Crippen LogP contribution in [0, 0.1) is 5.92 Å². The zero-order valence-electron chi connectivity index (χ0n) is 13.9. The van der Waals surface area contributed by atoms with E-state index in [1.165, 1.54) is 16.8 Å². The molecule has 1 unspecified atom stereocenters. The van der Waals surface area contributed by atoms with Crippen molar-refractivity contribution in [1.29, 1.82) is 0 Å². The Hall–Kier alpha value is -2.03. The van der Waals surface area contributed by atoms with Crippen LogP contribution in [-0.2, 0) is 24.3 Å². The summed E-state index contributed by atoms with van der Waals surface area (Å²) in [5.74, 6) is 0.339. The molecule has 2 N–H and O–H groups in total. The van der Waals surface area contributed by atoms with Gasteiger partial charge < -0.3 is 4.57 Å². The maximum Gasteiger partial charge on any atom is 0.328 e. The lowest BCUT2D eigenvalue weighted by Crippen LogP contribution is -2.42. The van der Waals surface area contributed by atoms with Gasteiger partial charge in [-0.2, -0.15) is 0 Å². The number of aromatic amines is 1. The molecule has 25 heavy (non-hydrogen) atoms. The molecule has 1 atom stereocenters. The Balaban J connectivity index is 1.47. The van der Waals surface area contributed by atoms with Gasteiger partial charge in [0.1, 0.15) is 0 Å². The van der Waals surface area contributed by atoms with E-state index in [9.17, 15) is 13.8 Å². The lowest BCUT2D eigenvalue weighted by atomic mass is 9.98. The van der Waals surface area contributed by atoms with Gasteiger partial charge in [0.05, 0.1) is 0 Å². The molecular formula is C17H22N4O3S. The molecule has 1 aromatic carbocycles. The number of rotatable bonds is 6. The number of aromatic nitrogens is 2. The first kappa shape index (κ1) is 17.8. The van der Waals surface area contributed by atoms with Gasteiger partial charge in [0, 0.05) is 38.4 Å². The molecule has 1 fully saturated rings. The molecule has 1 saturated heterocycles. The molecule has 1 aromatic heterocycles. The summed E-state index contributed by atoms with van der Waals surface area (Å²) in [6.45, 7) is 2.59. The third-order valence-electron chi connectivity index (χ3n) is 4.40. The molecule has 1 aliphatic heterocycles. The lowest BCUT2D eigenvalue weighted by Gasteiger charge is -2.30. The molecule has 7 nitrogen and oxygen atoms in total. The van der Waals surface area contributed by atoms with Crippen LogP contribution in [0.5, 0.6) is 0 Å². The van der Waals surface area contributed by atoms with E-state index in [-0.39, 0.29) is 11.2 Å². The minimum Gasteiger partial charge on any atom is -0.300 e. The molecule has 0 radical (unpaired) electrons.